The van der Waals surface area contributed by atoms with Crippen LogP contribution in [0.25, 0.3) is 0 Å². The lowest BCUT2D eigenvalue weighted by Gasteiger charge is -1.80. The molecule has 0 aromatic heterocycles. The molecule has 0 N–H and O–H groups in total. The van der Waals surface area contributed by atoms with Crippen LogP contribution in [0.1, 0.15) is 0 Å². The largest absolute Gasteiger partial charge is 0.193 e. The number of rotatable bonds is 1. The lowest BCUT2D eigenvalue weighted by molar-refractivity contribution is 1.51. The number of hydrogen-bond donors (Lipinski definition) is 0. The minimum atomic E-state index is -0.556. The summed E-state index contributed by atoms with van der Waals surface area (Å²) in [5, 5.41) is 7.86. The van der Waals surface area contributed by atoms with E-state index in [-0.39, 0.29) is 0 Å². The average Bonchev–Trinajstić information content (AvgIpc) is 1.61. The van der Waals surface area contributed by atoms with Crippen molar-refractivity contribution in [3.63, 3.8) is 0 Å². The fourth-order valence-corrected chi connectivity index (χ4v) is 0.261. The Balaban J connectivity index is 3.31. The van der Waals surface area contributed by atoms with Crippen LogP contribution in [0.5, 0.6) is 0 Å². The number of nitriles is 1. The Hall–Kier alpha value is -0.190. The maximum Gasteiger partial charge on any atom is 0.126 e. The minimum Gasteiger partial charge on any atom is -0.193 e. The summed E-state index contributed by atoms with van der Waals surface area (Å²) in [7, 11) is 0. The van der Waals surface area contributed by atoms with Crippen molar-refractivity contribution in [2.45, 2.75) is 4.84 Å². The van der Waals surface area contributed by atoms with E-state index in [4.69, 9.17) is 28.5 Å². The molecule has 38 valence electrons. The fourth-order valence-electron chi connectivity index (χ4n) is 0.116. The van der Waals surface area contributed by atoms with Crippen molar-refractivity contribution >= 4 is 23.2 Å². The van der Waals surface area contributed by atoms with Gasteiger partial charge in [-0.2, -0.15) is 5.26 Å². The molecule has 0 spiro atoms. The van der Waals surface area contributed by atoms with Crippen LogP contribution in [0.15, 0.2) is 12.2 Å². The third-order valence-electron chi connectivity index (χ3n) is 0.316. The van der Waals surface area contributed by atoms with Gasteiger partial charge in [0.1, 0.15) is 4.84 Å². The lowest BCUT2D eigenvalue weighted by Crippen LogP contribution is -1.72. The first-order chi connectivity index (χ1) is 3.27. The van der Waals surface area contributed by atoms with Gasteiger partial charge in [-0.25, -0.2) is 0 Å². The molecule has 1 nitrogen and oxygen atoms in total. The number of halogens is 2. The van der Waals surface area contributed by atoms with Crippen LogP contribution in [-0.2, 0) is 0 Å². The topological polar surface area (TPSA) is 23.8 Å². The van der Waals surface area contributed by atoms with Crippen LogP contribution in [0.2, 0.25) is 0 Å². The number of hydrogen-bond acceptors (Lipinski definition) is 1. The van der Waals surface area contributed by atoms with E-state index in [1.165, 1.54) is 12.2 Å². The zero-order chi connectivity index (χ0) is 5.70. The number of nitrogens with zero attached hydrogens (tertiary/aromatic N) is 1. The highest BCUT2D eigenvalue weighted by Crippen LogP contribution is 2.00. The molecule has 0 rings (SSSR count). The third-order valence-corrected chi connectivity index (χ3v) is 0.607. The molecule has 0 atom stereocenters. The zero-order valence-electron chi connectivity index (χ0n) is 3.44. The molecule has 0 heterocycles. The predicted molar refractivity (Wildman–Crippen MR) is 30.2 cm³/mol. The standard InChI is InChI=1S/C4H3Cl2N/c5-4(6)2-1-3-7/h1-2,4H. The molecule has 0 aromatic rings. The monoisotopic (exact) mass is 135 g/mol. The molecule has 0 radical (unpaired) electrons. The molecule has 0 amide bonds. The van der Waals surface area contributed by atoms with E-state index in [2.05, 4.69) is 0 Å². The first-order valence-electron chi connectivity index (χ1n) is 1.62. The highest BCUT2D eigenvalue weighted by molar-refractivity contribution is 6.45. The SMILES string of the molecule is N#CC=CC(Cl)Cl. The first kappa shape index (κ1) is 6.81. The fraction of sp³-hybridized carbons (Fsp3) is 0.250. The van der Waals surface area contributed by atoms with Crippen LogP contribution < -0.4 is 0 Å². The van der Waals surface area contributed by atoms with E-state index in [9.17, 15) is 0 Å². The predicted octanol–water partition coefficient (Wildman–Crippen LogP) is 1.87. The molecular formula is C4H3Cl2N. The molecule has 0 saturated heterocycles. The van der Waals surface area contributed by atoms with Crippen LogP contribution in [0.4, 0.5) is 0 Å². The van der Waals surface area contributed by atoms with E-state index in [0.717, 1.165) is 0 Å². The molecule has 0 aliphatic heterocycles. The summed E-state index contributed by atoms with van der Waals surface area (Å²) in [6.07, 6.45) is 2.63. The van der Waals surface area contributed by atoms with Crippen molar-refractivity contribution in [2.75, 3.05) is 0 Å². The third kappa shape index (κ3) is 5.81. The molecule has 0 bridgehead atoms. The maximum atomic E-state index is 7.86. The minimum absolute atomic E-state index is 0.556. The summed E-state index contributed by atoms with van der Waals surface area (Å²) in [6, 6.07) is 1.75. The van der Waals surface area contributed by atoms with Gasteiger partial charge in [0.2, 0.25) is 0 Å². The Morgan fingerprint density at radius 1 is 1.57 bits per heavy atom. The Kier molecular flexibility index (Phi) is 3.87. The van der Waals surface area contributed by atoms with Crippen molar-refractivity contribution in [3.05, 3.63) is 12.2 Å². The van der Waals surface area contributed by atoms with Crippen molar-refractivity contribution < 1.29 is 0 Å². The summed E-state index contributed by atoms with van der Waals surface area (Å²) >= 11 is 10.4. The molecule has 0 aliphatic carbocycles. The summed E-state index contributed by atoms with van der Waals surface area (Å²) in [4.78, 5) is -0.556. The second-order valence-electron chi connectivity index (χ2n) is 0.823. The lowest BCUT2D eigenvalue weighted by atomic mass is 10.6. The summed E-state index contributed by atoms with van der Waals surface area (Å²) in [5.74, 6) is 0. The van der Waals surface area contributed by atoms with Crippen molar-refractivity contribution in [3.8, 4) is 6.07 Å². The van der Waals surface area contributed by atoms with Crippen molar-refractivity contribution in [1.29, 1.82) is 5.26 Å². The van der Waals surface area contributed by atoms with E-state index in [1.807, 2.05) is 0 Å². The summed E-state index contributed by atoms with van der Waals surface area (Å²) in [5.41, 5.74) is 0. The molecule has 0 saturated carbocycles. The van der Waals surface area contributed by atoms with Gasteiger partial charge >= 0.3 is 0 Å². The summed E-state index contributed by atoms with van der Waals surface area (Å²) in [6.45, 7) is 0. The van der Waals surface area contributed by atoms with Gasteiger partial charge in [0.25, 0.3) is 0 Å². The van der Waals surface area contributed by atoms with Crippen LogP contribution in [0, 0.1) is 11.3 Å². The Morgan fingerprint density at radius 2 is 2.14 bits per heavy atom. The molecule has 0 aromatic carbocycles. The highest BCUT2D eigenvalue weighted by Gasteiger charge is 1.84. The van der Waals surface area contributed by atoms with Gasteiger partial charge in [-0.05, 0) is 6.08 Å². The van der Waals surface area contributed by atoms with Gasteiger partial charge in [-0.15, -0.1) is 23.2 Å². The summed E-state index contributed by atoms with van der Waals surface area (Å²) < 4.78 is 0. The second kappa shape index (κ2) is 3.98. The van der Waals surface area contributed by atoms with Gasteiger partial charge in [-0.1, -0.05) is 0 Å². The smallest absolute Gasteiger partial charge is 0.126 e. The van der Waals surface area contributed by atoms with Crippen LogP contribution in [0.3, 0.4) is 0 Å². The molecule has 3 heteroatoms. The molecule has 7 heavy (non-hydrogen) atoms. The molecule has 0 aliphatic rings. The molecule has 0 unspecified atom stereocenters. The normalized spacial score (nSPS) is 10.0. The molecular weight excluding hydrogens is 133 g/mol. The van der Waals surface area contributed by atoms with Gasteiger partial charge in [0, 0.05) is 6.08 Å². The number of allylic oxidation sites excluding steroid dienone is 2. The highest BCUT2D eigenvalue weighted by atomic mass is 35.5. The van der Waals surface area contributed by atoms with Gasteiger partial charge in [0.05, 0.1) is 6.07 Å². The van der Waals surface area contributed by atoms with E-state index < -0.39 is 4.84 Å². The van der Waals surface area contributed by atoms with Gasteiger partial charge in [-0.3, -0.25) is 0 Å². The Morgan fingerprint density at radius 3 is 2.29 bits per heavy atom. The van der Waals surface area contributed by atoms with Crippen LogP contribution >= 0.6 is 23.2 Å². The van der Waals surface area contributed by atoms with E-state index in [1.54, 1.807) is 6.07 Å². The molecule has 0 fully saturated rings. The second-order valence-corrected chi connectivity index (χ2v) is 1.99. The van der Waals surface area contributed by atoms with Crippen molar-refractivity contribution in [2.24, 2.45) is 0 Å². The van der Waals surface area contributed by atoms with Gasteiger partial charge < -0.3 is 0 Å². The first-order valence-corrected chi connectivity index (χ1v) is 2.49. The zero-order valence-corrected chi connectivity index (χ0v) is 4.95. The van der Waals surface area contributed by atoms with Gasteiger partial charge in [0.15, 0.2) is 0 Å². The van der Waals surface area contributed by atoms with Crippen LogP contribution in [-0.4, -0.2) is 4.84 Å². The van der Waals surface area contributed by atoms with E-state index in [0.29, 0.717) is 0 Å². The quantitative estimate of drug-likeness (QED) is 0.398. The maximum absolute atomic E-state index is 7.86. The van der Waals surface area contributed by atoms with Crippen molar-refractivity contribution in [1.82, 2.24) is 0 Å². The average molecular weight is 136 g/mol. The van der Waals surface area contributed by atoms with E-state index >= 15 is 0 Å². The Labute approximate surface area is 52.1 Å². The Bertz CT molecular complexity index is 101. The number of alkyl halides is 2.